The van der Waals surface area contributed by atoms with E-state index in [-0.39, 0.29) is 24.5 Å². The second kappa shape index (κ2) is 9.94. The molecule has 0 unspecified atom stereocenters. The predicted molar refractivity (Wildman–Crippen MR) is 98.6 cm³/mol. The topological polar surface area (TPSA) is 71.1 Å². The monoisotopic (exact) mass is 422 g/mol. The van der Waals surface area contributed by atoms with Gasteiger partial charge in [-0.1, -0.05) is 12.1 Å². The summed E-state index contributed by atoms with van der Waals surface area (Å²) in [5, 5.41) is 0. The zero-order chi connectivity index (χ0) is 18.9. The van der Waals surface area contributed by atoms with Crippen LogP contribution in [0.4, 0.5) is 0 Å². The molecular weight excluding hydrogens is 404 g/mol. The van der Waals surface area contributed by atoms with Crippen molar-refractivity contribution in [1.82, 2.24) is 0 Å². The lowest BCUT2D eigenvalue weighted by Crippen LogP contribution is -2.18. The minimum absolute atomic E-state index is 0.151. The summed E-state index contributed by atoms with van der Waals surface area (Å²) in [6, 6.07) is 11.7. The first-order valence-corrected chi connectivity index (χ1v) is 8.64. The fourth-order valence-corrected chi connectivity index (χ4v) is 2.62. The van der Waals surface area contributed by atoms with Crippen LogP contribution in [0.15, 0.2) is 46.9 Å². The van der Waals surface area contributed by atoms with Gasteiger partial charge in [-0.2, -0.15) is 0 Å². The first kappa shape index (κ1) is 19.9. The Balaban J connectivity index is 1.90. The van der Waals surface area contributed by atoms with E-state index in [1.165, 1.54) is 13.2 Å². The SMILES string of the molecule is COCCOC(=O)c1cccc(OC(=O)COc2ccc(C)cc2Br)c1. The fourth-order valence-electron chi connectivity index (χ4n) is 2.01. The van der Waals surface area contributed by atoms with Crippen molar-refractivity contribution in [3.05, 3.63) is 58.1 Å². The van der Waals surface area contributed by atoms with Crippen LogP contribution >= 0.6 is 15.9 Å². The van der Waals surface area contributed by atoms with Gasteiger partial charge in [0.1, 0.15) is 18.1 Å². The van der Waals surface area contributed by atoms with Crippen LogP contribution in [-0.4, -0.2) is 38.9 Å². The summed E-state index contributed by atoms with van der Waals surface area (Å²) in [4.78, 5) is 23.8. The molecular formula is C19H19BrO6. The standard InChI is InChI=1S/C19H19BrO6/c1-13-6-7-17(16(20)10-13)25-12-18(21)26-15-5-3-4-14(11-15)19(22)24-9-8-23-2/h3-7,10-11H,8-9,12H2,1-2H3. The molecule has 0 fully saturated rings. The zero-order valence-electron chi connectivity index (χ0n) is 14.5. The third-order valence-electron chi connectivity index (χ3n) is 3.25. The summed E-state index contributed by atoms with van der Waals surface area (Å²) in [6.45, 7) is 2.16. The van der Waals surface area contributed by atoms with Crippen molar-refractivity contribution in [2.45, 2.75) is 6.92 Å². The van der Waals surface area contributed by atoms with Gasteiger partial charge in [-0.15, -0.1) is 0 Å². The number of esters is 2. The Morgan fingerprint density at radius 3 is 2.62 bits per heavy atom. The first-order valence-electron chi connectivity index (χ1n) is 7.85. The van der Waals surface area contributed by atoms with Crippen LogP contribution in [0, 0.1) is 6.92 Å². The van der Waals surface area contributed by atoms with Gasteiger partial charge in [-0.05, 0) is 58.7 Å². The third kappa shape index (κ3) is 6.16. The van der Waals surface area contributed by atoms with Crippen molar-refractivity contribution in [2.75, 3.05) is 26.9 Å². The van der Waals surface area contributed by atoms with Crippen molar-refractivity contribution in [2.24, 2.45) is 0 Å². The molecule has 7 heteroatoms. The molecule has 0 aliphatic heterocycles. The zero-order valence-corrected chi connectivity index (χ0v) is 16.1. The Morgan fingerprint density at radius 1 is 1.08 bits per heavy atom. The Bertz CT molecular complexity index is 774. The van der Waals surface area contributed by atoms with E-state index in [9.17, 15) is 9.59 Å². The van der Waals surface area contributed by atoms with Crippen molar-refractivity contribution in [3.63, 3.8) is 0 Å². The van der Waals surface area contributed by atoms with Gasteiger partial charge in [-0.25, -0.2) is 9.59 Å². The summed E-state index contributed by atoms with van der Waals surface area (Å²) in [7, 11) is 1.52. The number of ether oxygens (including phenoxy) is 4. The van der Waals surface area contributed by atoms with Crippen molar-refractivity contribution in [3.8, 4) is 11.5 Å². The Labute approximate surface area is 160 Å². The van der Waals surface area contributed by atoms with Crippen LogP contribution in [0.3, 0.4) is 0 Å². The minimum Gasteiger partial charge on any atom is -0.481 e. The highest BCUT2D eigenvalue weighted by Gasteiger charge is 2.12. The van der Waals surface area contributed by atoms with E-state index in [0.29, 0.717) is 12.4 Å². The van der Waals surface area contributed by atoms with E-state index in [2.05, 4.69) is 15.9 Å². The molecule has 0 radical (unpaired) electrons. The normalized spacial score (nSPS) is 10.3. The number of aryl methyl sites for hydroxylation is 1. The largest absolute Gasteiger partial charge is 0.481 e. The second-order valence-electron chi connectivity index (χ2n) is 5.35. The van der Waals surface area contributed by atoms with Gasteiger partial charge in [0.25, 0.3) is 0 Å². The highest BCUT2D eigenvalue weighted by molar-refractivity contribution is 9.10. The molecule has 0 aliphatic rings. The molecule has 0 aromatic heterocycles. The highest BCUT2D eigenvalue weighted by Crippen LogP contribution is 2.25. The maximum atomic E-state index is 12.0. The van der Waals surface area contributed by atoms with Crippen LogP contribution in [0.1, 0.15) is 15.9 Å². The fraction of sp³-hybridized carbons (Fsp3) is 0.263. The van der Waals surface area contributed by atoms with Crippen molar-refractivity contribution in [1.29, 1.82) is 0 Å². The molecule has 0 atom stereocenters. The van der Waals surface area contributed by atoms with Crippen LogP contribution in [-0.2, 0) is 14.3 Å². The molecule has 0 saturated carbocycles. The Morgan fingerprint density at radius 2 is 1.88 bits per heavy atom. The van der Waals surface area contributed by atoms with Crippen molar-refractivity contribution < 1.29 is 28.5 Å². The quantitative estimate of drug-likeness (QED) is 0.368. The van der Waals surface area contributed by atoms with E-state index in [0.717, 1.165) is 10.0 Å². The van der Waals surface area contributed by atoms with Crippen LogP contribution in [0.25, 0.3) is 0 Å². The number of carbonyl (C=O) groups is 2. The molecule has 138 valence electrons. The van der Waals surface area contributed by atoms with E-state index in [4.69, 9.17) is 18.9 Å². The summed E-state index contributed by atoms with van der Waals surface area (Å²) >= 11 is 3.38. The highest BCUT2D eigenvalue weighted by atomic mass is 79.9. The number of methoxy groups -OCH3 is 1. The smallest absolute Gasteiger partial charge is 0.349 e. The van der Waals surface area contributed by atoms with Gasteiger partial charge in [-0.3, -0.25) is 0 Å². The first-order chi connectivity index (χ1) is 12.5. The number of benzene rings is 2. The van der Waals surface area contributed by atoms with Gasteiger partial charge in [0.15, 0.2) is 6.61 Å². The molecule has 0 saturated heterocycles. The van der Waals surface area contributed by atoms with Crippen molar-refractivity contribution >= 4 is 27.9 Å². The molecule has 0 bridgehead atoms. The average Bonchev–Trinajstić information content (AvgIpc) is 2.61. The lowest BCUT2D eigenvalue weighted by molar-refractivity contribution is -0.136. The molecule has 0 heterocycles. The maximum absolute atomic E-state index is 12.0. The molecule has 2 aromatic carbocycles. The molecule has 2 aromatic rings. The predicted octanol–water partition coefficient (Wildman–Crippen LogP) is 3.55. The van der Waals surface area contributed by atoms with Gasteiger partial charge >= 0.3 is 11.9 Å². The van der Waals surface area contributed by atoms with E-state index in [1.807, 2.05) is 19.1 Å². The van der Waals surface area contributed by atoms with E-state index < -0.39 is 11.9 Å². The molecule has 6 nitrogen and oxygen atoms in total. The van der Waals surface area contributed by atoms with Crippen LogP contribution < -0.4 is 9.47 Å². The number of rotatable bonds is 8. The number of halogens is 1. The van der Waals surface area contributed by atoms with Gasteiger partial charge in [0.2, 0.25) is 0 Å². The lowest BCUT2D eigenvalue weighted by atomic mass is 10.2. The van der Waals surface area contributed by atoms with Crippen LogP contribution in [0.2, 0.25) is 0 Å². The van der Waals surface area contributed by atoms with Gasteiger partial charge < -0.3 is 18.9 Å². The molecule has 26 heavy (non-hydrogen) atoms. The summed E-state index contributed by atoms with van der Waals surface area (Å²) in [5.74, 6) is -0.312. The summed E-state index contributed by atoms with van der Waals surface area (Å²) < 4.78 is 21.2. The number of hydrogen-bond acceptors (Lipinski definition) is 6. The molecule has 0 spiro atoms. The average molecular weight is 423 g/mol. The summed E-state index contributed by atoms with van der Waals surface area (Å²) in [6.07, 6.45) is 0. The number of carbonyl (C=O) groups excluding carboxylic acids is 2. The van der Waals surface area contributed by atoms with E-state index in [1.54, 1.807) is 24.3 Å². The van der Waals surface area contributed by atoms with Gasteiger partial charge in [0.05, 0.1) is 16.6 Å². The molecule has 0 aliphatic carbocycles. The molecule has 0 amide bonds. The minimum atomic E-state index is -0.581. The Hall–Kier alpha value is -2.38. The van der Waals surface area contributed by atoms with E-state index >= 15 is 0 Å². The molecule has 2 rings (SSSR count). The Kier molecular flexibility index (Phi) is 7.62. The maximum Gasteiger partial charge on any atom is 0.349 e. The second-order valence-corrected chi connectivity index (χ2v) is 6.21. The third-order valence-corrected chi connectivity index (χ3v) is 3.87. The number of hydrogen-bond donors (Lipinski definition) is 0. The van der Waals surface area contributed by atoms with Crippen LogP contribution in [0.5, 0.6) is 11.5 Å². The lowest BCUT2D eigenvalue weighted by Gasteiger charge is -2.09. The van der Waals surface area contributed by atoms with Gasteiger partial charge in [0, 0.05) is 7.11 Å². The summed E-state index contributed by atoms with van der Waals surface area (Å²) in [5.41, 5.74) is 1.36. The molecule has 0 N–H and O–H groups in total.